The molecule has 0 atom stereocenters. The highest BCUT2D eigenvalue weighted by Crippen LogP contribution is 2.27. The van der Waals surface area contributed by atoms with E-state index in [0.29, 0.717) is 5.75 Å². The van der Waals surface area contributed by atoms with Crippen LogP contribution in [0, 0.1) is 41.5 Å². The summed E-state index contributed by atoms with van der Waals surface area (Å²) in [5.74, 6) is -0.0707. The molecule has 0 aromatic heterocycles. The van der Waals surface area contributed by atoms with E-state index in [1.165, 1.54) is 28.5 Å². The number of hydrogen-bond acceptors (Lipinski definition) is 3. The van der Waals surface area contributed by atoms with Crippen LogP contribution in [0.2, 0.25) is 0 Å². The van der Waals surface area contributed by atoms with Crippen LogP contribution in [0.5, 0.6) is 0 Å². The molecule has 0 saturated heterocycles. The molecule has 2 amide bonds. The Bertz CT molecular complexity index is 829. The van der Waals surface area contributed by atoms with E-state index in [1.807, 2.05) is 32.9 Å². The van der Waals surface area contributed by atoms with Crippen molar-refractivity contribution in [3.63, 3.8) is 0 Å². The zero-order valence-electron chi connectivity index (χ0n) is 16.9. The number of hydrogen-bond donors (Lipinski definition) is 2. The molecular formula is C22H28N2O2S. The fourth-order valence-corrected chi connectivity index (χ4v) is 4.27. The Labute approximate surface area is 166 Å². The summed E-state index contributed by atoms with van der Waals surface area (Å²) in [5, 5.41) is 5.60. The lowest BCUT2D eigenvalue weighted by Gasteiger charge is -2.13. The Balaban J connectivity index is 1.86. The van der Waals surface area contributed by atoms with Gasteiger partial charge in [-0.25, -0.2) is 0 Å². The highest BCUT2D eigenvalue weighted by Gasteiger charge is 2.11. The molecule has 2 aromatic carbocycles. The number of carbonyl (C=O) groups is 2. The first-order valence-corrected chi connectivity index (χ1v) is 10.0. The molecule has 27 heavy (non-hydrogen) atoms. The first-order valence-electron chi connectivity index (χ1n) is 9.02. The van der Waals surface area contributed by atoms with Gasteiger partial charge in [-0.15, -0.1) is 11.8 Å². The Morgan fingerprint density at radius 3 is 1.78 bits per heavy atom. The summed E-state index contributed by atoms with van der Waals surface area (Å²) < 4.78 is 0. The van der Waals surface area contributed by atoms with Gasteiger partial charge < -0.3 is 10.6 Å². The van der Waals surface area contributed by atoms with Crippen molar-refractivity contribution in [3.8, 4) is 0 Å². The van der Waals surface area contributed by atoms with Crippen molar-refractivity contribution >= 4 is 29.3 Å². The van der Waals surface area contributed by atoms with E-state index in [2.05, 4.69) is 43.5 Å². The molecule has 5 heteroatoms. The summed E-state index contributed by atoms with van der Waals surface area (Å²) in [6.07, 6.45) is 0. The molecule has 2 aromatic rings. The Kier molecular flexibility index (Phi) is 7.08. The first-order chi connectivity index (χ1) is 12.7. The molecule has 0 spiro atoms. The van der Waals surface area contributed by atoms with Gasteiger partial charge in [-0.2, -0.15) is 0 Å². The summed E-state index contributed by atoms with van der Waals surface area (Å²) in [6.45, 7) is 12.1. The van der Waals surface area contributed by atoms with E-state index < -0.39 is 0 Å². The SMILES string of the molecule is Cc1cc(C)c(NC(=O)CNC(=O)CSc2c(C)cc(C)cc2C)c(C)c1. The molecular weight excluding hydrogens is 356 g/mol. The molecule has 0 fully saturated rings. The minimum absolute atomic E-state index is 0.0298. The lowest BCUT2D eigenvalue weighted by Crippen LogP contribution is -2.34. The first kappa shape index (κ1) is 21.0. The number of rotatable bonds is 6. The molecule has 4 nitrogen and oxygen atoms in total. The second-order valence-electron chi connectivity index (χ2n) is 7.12. The van der Waals surface area contributed by atoms with Crippen molar-refractivity contribution < 1.29 is 9.59 Å². The summed E-state index contributed by atoms with van der Waals surface area (Å²) in [5.41, 5.74) is 7.59. The smallest absolute Gasteiger partial charge is 0.243 e. The molecule has 0 saturated carbocycles. The van der Waals surface area contributed by atoms with Crippen molar-refractivity contribution in [3.05, 3.63) is 57.6 Å². The minimum atomic E-state index is -0.217. The molecule has 0 aliphatic carbocycles. The average molecular weight is 385 g/mol. The Morgan fingerprint density at radius 1 is 0.778 bits per heavy atom. The topological polar surface area (TPSA) is 58.2 Å². The molecule has 2 N–H and O–H groups in total. The standard InChI is InChI=1S/C22H28N2O2S/c1-13-7-15(3)21(16(4)8-13)24-19(25)11-23-20(26)12-27-22-17(5)9-14(2)10-18(22)6/h7-10H,11-12H2,1-6H3,(H,23,26)(H,24,25). The Morgan fingerprint density at radius 2 is 1.26 bits per heavy atom. The summed E-state index contributed by atoms with van der Waals surface area (Å²) >= 11 is 1.51. The zero-order valence-corrected chi connectivity index (χ0v) is 17.8. The van der Waals surface area contributed by atoms with Gasteiger partial charge in [-0.05, 0) is 63.8 Å². The van der Waals surface area contributed by atoms with Gasteiger partial charge >= 0.3 is 0 Å². The highest BCUT2D eigenvalue weighted by molar-refractivity contribution is 8.00. The number of aryl methyl sites for hydroxylation is 6. The number of nitrogens with one attached hydrogen (secondary N) is 2. The van der Waals surface area contributed by atoms with Crippen LogP contribution in [0.1, 0.15) is 33.4 Å². The summed E-state index contributed by atoms with van der Waals surface area (Å²) in [6, 6.07) is 8.30. The van der Waals surface area contributed by atoms with Gasteiger partial charge in [0.15, 0.2) is 0 Å². The fraction of sp³-hybridized carbons (Fsp3) is 0.364. The van der Waals surface area contributed by atoms with E-state index in [-0.39, 0.29) is 18.4 Å². The monoisotopic (exact) mass is 384 g/mol. The molecule has 0 bridgehead atoms. The van der Waals surface area contributed by atoms with E-state index in [9.17, 15) is 9.59 Å². The van der Waals surface area contributed by atoms with Crippen LogP contribution in [0.4, 0.5) is 5.69 Å². The van der Waals surface area contributed by atoms with E-state index >= 15 is 0 Å². The summed E-state index contributed by atoms with van der Waals surface area (Å²) in [4.78, 5) is 25.5. The lowest BCUT2D eigenvalue weighted by atomic mass is 10.1. The van der Waals surface area contributed by atoms with Crippen molar-refractivity contribution in [2.45, 2.75) is 46.4 Å². The lowest BCUT2D eigenvalue weighted by molar-refractivity contribution is -0.122. The number of anilines is 1. The van der Waals surface area contributed by atoms with Gasteiger partial charge in [0.25, 0.3) is 0 Å². The number of carbonyl (C=O) groups excluding carboxylic acids is 2. The maximum atomic E-state index is 12.2. The molecule has 0 unspecified atom stereocenters. The number of thioether (sulfide) groups is 1. The van der Waals surface area contributed by atoms with Gasteiger partial charge in [0.2, 0.25) is 11.8 Å². The number of amides is 2. The van der Waals surface area contributed by atoms with Crippen molar-refractivity contribution in [2.75, 3.05) is 17.6 Å². The maximum absolute atomic E-state index is 12.2. The van der Waals surface area contributed by atoms with Crippen molar-refractivity contribution in [1.29, 1.82) is 0 Å². The van der Waals surface area contributed by atoms with Crippen molar-refractivity contribution in [2.24, 2.45) is 0 Å². The van der Waals surface area contributed by atoms with Crippen LogP contribution in [-0.2, 0) is 9.59 Å². The average Bonchev–Trinajstić information content (AvgIpc) is 2.55. The van der Waals surface area contributed by atoms with Gasteiger partial charge in [0.1, 0.15) is 0 Å². The van der Waals surface area contributed by atoms with Gasteiger partial charge in [0.05, 0.1) is 12.3 Å². The third-order valence-corrected chi connectivity index (χ3v) is 5.68. The largest absolute Gasteiger partial charge is 0.346 e. The third-order valence-electron chi connectivity index (χ3n) is 4.34. The van der Waals surface area contributed by atoms with Crippen LogP contribution in [0.25, 0.3) is 0 Å². The quantitative estimate of drug-likeness (QED) is 0.727. The van der Waals surface area contributed by atoms with Crippen LogP contribution >= 0.6 is 11.8 Å². The zero-order chi connectivity index (χ0) is 20.1. The van der Waals surface area contributed by atoms with Crippen molar-refractivity contribution in [1.82, 2.24) is 5.32 Å². The molecule has 144 valence electrons. The van der Waals surface area contributed by atoms with Crippen LogP contribution in [0.3, 0.4) is 0 Å². The Hall–Kier alpha value is -2.27. The second-order valence-corrected chi connectivity index (χ2v) is 8.10. The maximum Gasteiger partial charge on any atom is 0.243 e. The van der Waals surface area contributed by atoms with E-state index in [0.717, 1.165) is 27.3 Å². The van der Waals surface area contributed by atoms with Crippen LogP contribution in [-0.4, -0.2) is 24.1 Å². The second kappa shape index (κ2) is 9.09. The summed E-state index contributed by atoms with van der Waals surface area (Å²) in [7, 11) is 0. The third kappa shape index (κ3) is 5.86. The highest BCUT2D eigenvalue weighted by atomic mass is 32.2. The molecule has 0 heterocycles. The van der Waals surface area contributed by atoms with Gasteiger partial charge in [0, 0.05) is 10.6 Å². The minimum Gasteiger partial charge on any atom is -0.346 e. The predicted octanol–water partition coefficient (Wildman–Crippen LogP) is 4.38. The van der Waals surface area contributed by atoms with Gasteiger partial charge in [-0.3, -0.25) is 9.59 Å². The van der Waals surface area contributed by atoms with E-state index in [4.69, 9.17) is 0 Å². The fourth-order valence-electron chi connectivity index (χ4n) is 3.32. The number of benzene rings is 2. The van der Waals surface area contributed by atoms with Crippen LogP contribution < -0.4 is 10.6 Å². The van der Waals surface area contributed by atoms with E-state index in [1.54, 1.807) is 0 Å². The molecule has 2 rings (SSSR count). The molecule has 0 aliphatic rings. The molecule has 0 aliphatic heterocycles. The van der Waals surface area contributed by atoms with Gasteiger partial charge in [-0.1, -0.05) is 35.4 Å². The predicted molar refractivity (Wildman–Crippen MR) is 114 cm³/mol. The molecule has 0 radical (unpaired) electrons. The van der Waals surface area contributed by atoms with Crippen LogP contribution in [0.15, 0.2) is 29.2 Å². The normalized spacial score (nSPS) is 10.6.